The first-order valence-corrected chi connectivity index (χ1v) is 5.28. The molecule has 0 bridgehead atoms. The van der Waals surface area contributed by atoms with E-state index in [2.05, 4.69) is 26.1 Å². The molecule has 0 radical (unpaired) electrons. The summed E-state index contributed by atoms with van der Waals surface area (Å²) in [6.45, 7) is 9.88. The van der Waals surface area contributed by atoms with E-state index < -0.39 is 0 Å². The van der Waals surface area contributed by atoms with Crippen molar-refractivity contribution in [1.29, 1.82) is 0 Å². The Balaban J connectivity index is 3.74. The summed E-state index contributed by atoms with van der Waals surface area (Å²) in [7, 11) is 1.71. The lowest BCUT2D eigenvalue weighted by Crippen LogP contribution is -2.38. The number of hydrogen-bond acceptors (Lipinski definition) is 3. The Hall–Kier alpha value is -0.120. The molecule has 3 nitrogen and oxygen atoms in total. The summed E-state index contributed by atoms with van der Waals surface area (Å²) in [5, 5.41) is 12.7. The maximum Gasteiger partial charge on any atom is 0.0613 e. The van der Waals surface area contributed by atoms with Crippen molar-refractivity contribution in [1.82, 2.24) is 5.32 Å². The molecular weight excluding hydrogens is 178 g/mol. The van der Waals surface area contributed by atoms with Crippen molar-refractivity contribution in [3.05, 3.63) is 0 Å². The molecule has 0 fully saturated rings. The first-order chi connectivity index (χ1) is 6.37. The molecule has 0 amide bonds. The Kier molecular flexibility index (Phi) is 6.33. The molecule has 0 aliphatic heterocycles. The first kappa shape index (κ1) is 13.9. The van der Waals surface area contributed by atoms with Crippen LogP contribution in [0.25, 0.3) is 0 Å². The van der Waals surface area contributed by atoms with Crippen molar-refractivity contribution in [2.24, 2.45) is 5.41 Å². The van der Waals surface area contributed by atoms with Crippen molar-refractivity contribution >= 4 is 0 Å². The van der Waals surface area contributed by atoms with E-state index in [0.717, 1.165) is 19.6 Å². The minimum absolute atomic E-state index is 0.135. The molecule has 2 unspecified atom stereocenters. The van der Waals surface area contributed by atoms with Crippen LogP contribution in [0.3, 0.4) is 0 Å². The van der Waals surface area contributed by atoms with E-state index in [9.17, 15) is 5.11 Å². The highest BCUT2D eigenvalue weighted by atomic mass is 16.5. The van der Waals surface area contributed by atoms with Gasteiger partial charge in [-0.15, -0.1) is 0 Å². The standard InChI is InChI=1S/C11H25NO2/c1-9(7-14-5)12-8-11(3,4)6-10(2)13/h9-10,12-13H,6-8H2,1-5H3. The average molecular weight is 203 g/mol. The lowest BCUT2D eigenvalue weighted by Gasteiger charge is -2.28. The van der Waals surface area contributed by atoms with E-state index in [-0.39, 0.29) is 11.5 Å². The van der Waals surface area contributed by atoms with Crippen LogP contribution in [0.15, 0.2) is 0 Å². The predicted octanol–water partition coefficient (Wildman–Crippen LogP) is 1.41. The molecule has 0 aliphatic rings. The molecule has 0 heterocycles. The first-order valence-electron chi connectivity index (χ1n) is 5.28. The van der Waals surface area contributed by atoms with Crippen LogP contribution in [0.5, 0.6) is 0 Å². The van der Waals surface area contributed by atoms with Crippen molar-refractivity contribution in [3.8, 4) is 0 Å². The SMILES string of the molecule is COCC(C)NCC(C)(C)CC(C)O. The highest BCUT2D eigenvalue weighted by Crippen LogP contribution is 2.21. The summed E-state index contributed by atoms with van der Waals surface area (Å²) in [4.78, 5) is 0. The van der Waals surface area contributed by atoms with E-state index in [1.165, 1.54) is 0 Å². The average Bonchev–Trinajstić information content (AvgIpc) is 1.99. The van der Waals surface area contributed by atoms with Gasteiger partial charge in [0.2, 0.25) is 0 Å². The Morgan fingerprint density at radius 1 is 1.36 bits per heavy atom. The molecule has 0 rings (SSSR count). The Morgan fingerprint density at radius 3 is 2.36 bits per heavy atom. The number of rotatable bonds is 7. The van der Waals surface area contributed by atoms with Crippen LogP contribution in [-0.4, -0.2) is 37.5 Å². The number of aliphatic hydroxyl groups is 1. The Morgan fingerprint density at radius 2 is 1.93 bits per heavy atom. The second-order valence-corrected chi connectivity index (χ2v) is 4.95. The van der Waals surface area contributed by atoms with Crippen LogP contribution in [-0.2, 0) is 4.74 Å². The van der Waals surface area contributed by atoms with Gasteiger partial charge >= 0.3 is 0 Å². The molecule has 0 saturated carbocycles. The molecule has 86 valence electrons. The summed E-state index contributed by atoms with van der Waals surface area (Å²) in [6, 6.07) is 0.369. The molecule has 14 heavy (non-hydrogen) atoms. The van der Waals surface area contributed by atoms with Gasteiger partial charge in [-0.1, -0.05) is 13.8 Å². The minimum Gasteiger partial charge on any atom is -0.393 e. The van der Waals surface area contributed by atoms with Crippen molar-refractivity contribution in [3.63, 3.8) is 0 Å². The summed E-state index contributed by atoms with van der Waals surface area (Å²) in [5.41, 5.74) is 0.135. The number of hydrogen-bond donors (Lipinski definition) is 2. The zero-order valence-electron chi connectivity index (χ0n) is 10.1. The summed E-state index contributed by atoms with van der Waals surface area (Å²) >= 11 is 0. The maximum absolute atomic E-state index is 9.30. The van der Waals surface area contributed by atoms with Gasteiger partial charge in [-0.05, 0) is 25.7 Å². The van der Waals surface area contributed by atoms with Crippen LogP contribution in [0, 0.1) is 5.41 Å². The molecule has 2 N–H and O–H groups in total. The molecule has 0 aliphatic carbocycles. The quantitative estimate of drug-likeness (QED) is 0.657. The smallest absolute Gasteiger partial charge is 0.0613 e. The summed E-state index contributed by atoms with van der Waals surface area (Å²) in [5.74, 6) is 0. The maximum atomic E-state index is 9.30. The van der Waals surface area contributed by atoms with Gasteiger partial charge in [0, 0.05) is 19.7 Å². The van der Waals surface area contributed by atoms with Gasteiger partial charge in [0.15, 0.2) is 0 Å². The molecule has 0 saturated heterocycles. The van der Waals surface area contributed by atoms with E-state index in [4.69, 9.17) is 4.74 Å². The Labute approximate surface area is 87.8 Å². The van der Waals surface area contributed by atoms with E-state index in [1.807, 2.05) is 6.92 Å². The number of aliphatic hydroxyl groups excluding tert-OH is 1. The van der Waals surface area contributed by atoms with Gasteiger partial charge < -0.3 is 15.2 Å². The van der Waals surface area contributed by atoms with Crippen LogP contribution in [0.1, 0.15) is 34.1 Å². The van der Waals surface area contributed by atoms with Crippen molar-refractivity contribution < 1.29 is 9.84 Å². The Bertz CT molecular complexity index is 146. The molecule has 0 aromatic heterocycles. The van der Waals surface area contributed by atoms with Gasteiger partial charge in [0.1, 0.15) is 0 Å². The highest BCUT2D eigenvalue weighted by Gasteiger charge is 2.20. The van der Waals surface area contributed by atoms with Crippen LogP contribution >= 0.6 is 0 Å². The topological polar surface area (TPSA) is 41.5 Å². The van der Waals surface area contributed by atoms with E-state index in [1.54, 1.807) is 7.11 Å². The number of methoxy groups -OCH3 is 1. The lowest BCUT2D eigenvalue weighted by molar-refractivity contribution is 0.120. The zero-order valence-corrected chi connectivity index (χ0v) is 10.1. The van der Waals surface area contributed by atoms with Crippen LogP contribution in [0.2, 0.25) is 0 Å². The van der Waals surface area contributed by atoms with Crippen molar-refractivity contribution in [2.75, 3.05) is 20.3 Å². The monoisotopic (exact) mass is 203 g/mol. The molecule has 0 aromatic rings. The van der Waals surface area contributed by atoms with Gasteiger partial charge in [0.05, 0.1) is 12.7 Å². The molecule has 3 heteroatoms. The highest BCUT2D eigenvalue weighted by molar-refractivity contribution is 4.75. The van der Waals surface area contributed by atoms with Gasteiger partial charge in [-0.25, -0.2) is 0 Å². The molecule has 2 atom stereocenters. The fourth-order valence-electron chi connectivity index (χ4n) is 1.63. The second kappa shape index (κ2) is 6.38. The van der Waals surface area contributed by atoms with Crippen LogP contribution in [0.4, 0.5) is 0 Å². The fourth-order valence-corrected chi connectivity index (χ4v) is 1.63. The molecule has 0 aromatic carbocycles. The molecule has 0 spiro atoms. The largest absolute Gasteiger partial charge is 0.393 e. The van der Waals surface area contributed by atoms with Crippen molar-refractivity contribution in [2.45, 2.75) is 46.3 Å². The van der Waals surface area contributed by atoms with Crippen LogP contribution < -0.4 is 5.32 Å². The lowest BCUT2D eigenvalue weighted by atomic mass is 9.87. The minimum atomic E-state index is -0.232. The van der Waals surface area contributed by atoms with Gasteiger partial charge in [-0.2, -0.15) is 0 Å². The summed E-state index contributed by atoms with van der Waals surface area (Å²) < 4.78 is 5.04. The normalized spacial score (nSPS) is 16.7. The number of nitrogens with one attached hydrogen (secondary N) is 1. The van der Waals surface area contributed by atoms with E-state index in [0.29, 0.717) is 6.04 Å². The van der Waals surface area contributed by atoms with E-state index >= 15 is 0 Å². The number of ether oxygens (including phenoxy) is 1. The predicted molar refractivity (Wildman–Crippen MR) is 59.4 cm³/mol. The van der Waals surface area contributed by atoms with Gasteiger partial charge in [0.25, 0.3) is 0 Å². The summed E-state index contributed by atoms with van der Waals surface area (Å²) in [6.07, 6.45) is 0.587. The fraction of sp³-hybridized carbons (Fsp3) is 1.00. The second-order valence-electron chi connectivity index (χ2n) is 4.95. The zero-order chi connectivity index (χ0) is 11.2. The third-order valence-electron chi connectivity index (χ3n) is 2.19. The third-order valence-corrected chi connectivity index (χ3v) is 2.19. The van der Waals surface area contributed by atoms with Gasteiger partial charge in [-0.3, -0.25) is 0 Å². The third kappa shape index (κ3) is 7.30. The molecular formula is C11H25NO2.